The van der Waals surface area contributed by atoms with Crippen molar-refractivity contribution in [3.63, 3.8) is 0 Å². The Morgan fingerprint density at radius 1 is 1.12 bits per heavy atom. The van der Waals surface area contributed by atoms with E-state index in [1.54, 1.807) is 23.0 Å². The number of hydrogen-bond acceptors (Lipinski definition) is 6. The third-order valence-electron chi connectivity index (χ3n) is 3.34. The van der Waals surface area contributed by atoms with Crippen molar-refractivity contribution in [2.24, 2.45) is 0 Å². The van der Waals surface area contributed by atoms with Crippen molar-refractivity contribution in [1.29, 1.82) is 0 Å². The molecule has 8 nitrogen and oxygen atoms in total. The van der Waals surface area contributed by atoms with Gasteiger partial charge in [-0.05, 0) is 41.6 Å². The number of nitrogens with one attached hydrogen (secondary N) is 2. The lowest BCUT2D eigenvalue weighted by molar-refractivity contribution is 0.0955. The monoisotopic (exact) mass is 323 g/mol. The number of carbonyl (C=O) groups is 1. The van der Waals surface area contributed by atoms with Gasteiger partial charge in [-0.3, -0.25) is 9.78 Å². The first kappa shape index (κ1) is 15.6. The molecule has 0 radical (unpaired) electrons. The summed E-state index contributed by atoms with van der Waals surface area (Å²) in [7, 11) is 0. The lowest BCUT2D eigenvalue weighted by Crippen LogP contribution is -2.29. The predicted octanol–water partition coefficient (Wildman–Crippen LogP) is 1.21. The lowest BCUT2D eigenvalue weighted by atomic mass is 10.2. The average molecular weight is 323 g/mol. The number of pyridine rings is 1. The van der Waals surface area contributed by atoms with Crippen LogP contribution in [0.15, 0.2) is 48.7 Å². The topological polar surface area (TPSA) is 97.6 Å². The Morgan fingerprint density at radius 3 is 2.71 bits per heavy atom. The molecular weight excluding hydrogens is 306 g/mol. The van der Waals surface area contributed by atoms with Gasteiger partial charge in [0.05, 0.1) is 11.3 Å². The third kappa shape index (κ3) is 3.72. The molecule has 0 aliphatic carbocycles. The second kappa shape index (κ2) is 7.32. The first-order chi connectivity index (χ1) is 11.7. The Morgan fingerprint density at radius 2 is 1.96 bits per heavy atom. The minimum absolute atomic E-state index is 0.160. The molecule has 2 heterocycles. The average Bonchev–Trinajstić information content (AvgIpc) is 3.08. The molecule has 2 aromatic heterocycles. The van der Waals surface area contributed by atoms with Gasteiger partial charge in [0.15, 0.2) is 0 Å². The zero-order chi connectivity index (χ0) is 16.8. The summed E-state index contributed by atoms with van der Waals surface area (Å²) in [5, 5.41) is 17.5. The molecule has 2 N–H and O–H groups in total. The van der Waals surface area contributed by atoms with Crippen LogP contribution in [-0.4, -0.2) is 44.2 Å². The molecule has 1 aromatic carbocycles. The maximum Gasteiger partial charge on any atom is 0.252 e. The highest BCUT2D eigenvalue weighted by Gasteiger charge is 2.08. The first-order valence-corrected chi connectivity index (χ1v) is 7.52. The summed E-state index contributed by atoms with van der Waals surface area (Å²) in [6, 6.07) is 13.1. The quantitative estimate of drug-likeness (QED) is 0.662. The Kier molecular flexibility index (Phi) is 4.76. The highest BCUT2D eigenvalue weighted by Crippen LogP contribution is 2.09. The van der Waals surface area contributed by atoms with Crippen molar-refractivity contribution in [2.75, 3.05) is 18.4 Å². The fraction of sp³-hybridized carbons (Fsp3) is 0.188. The molecule has 0 unspecified atom stereocenters. The summed E-state index contributed by atoms with van der Waals surface area (Å²) in [6.07, 6.45) is 1.56. The molecule has 0 saturated carbocycles. The number of aryl methyl sites for hydroxylation is 1. The minimum Gasteiger partial charge on any atom is -0.351 e. The van der Waals surface area contributed by atoms with Gasteiger partial charge in [0.25, 0.3) is 5.91 Å². The Labute approximate surface area is 138 Å². The van der Waals surface area contributed by atoms with E-state index in [9.17, 15) is 4.79 Å². The van der Waals surface area contributed by atoms with Crippen LogP contribution in [0.25, 0.3) is 5.69 Å². The standard InChI is InChI=1S/C16H17N7O/c1-12-7-8-13(11-19-12)15(24)17-9-10-18-16-20-21-22-23(16)14-5-3-2-4-6-14/h2-8,11H,9-10H2,1H3,(H,17,24)(H,18,20,22). The normalized spacial score (nSPS) is 10.4. The van der Waals surface area contributed by atoms with E-state index in [0.29, 0.717) is 24.6 Å². The van der Waals surface area contributed by atoms with Crippen LogP contribution < -0.4 is 10.6 Å². The predicted molar refractivity (Wildman–Crippen MR) is 89.0 cm³/mol. The van der Waals surface area contributed by atoms with E-state index in [2.05, 4.69) is 31.1 Å². The number of rotatable bonds is 6. The molecule has 0 fully saturated rings. The summed E-state index contributed by atoms with van der Waals surface area (Å²) >= 11 is 0. The van der Waals surface area contributed by atoms with Gasteiger partial charge in [0.1, 0.15) is 0 Å². The number of tetrazole rings is 1. The van der Waals surface area contributed by atoms with Crippen molar-refractivity contribution in [2.45, 2.75) is 6.92 Å². The molecule has 24 heavy (non-hydrogen) atoms. The number of anilines is 1. The molecule has 3 aromatic rings. The number of benzene rings is 1. The van der Waals surface area contributed by atoms with Crippen molar-refractivity contribution < 1.29 is 4.79 Å². The molecule has 3 rings (SSSR count). The van der Waals surface area contributed by atoms with E-state index in [0.717, 1.165) is 11.4 Å². The maximum atomic E-state index is 12.0. The van der Waals surface area contributed by atoms with Crippen LogP contribution in [0.1, 0.15) is 16.1 Å². The summed E-state index contributed by atoms with van der Waals surface area (Å²) in [5.74, 6) is 0.361. The van der Waals surface area contributed by atoms with E-state index in [4.69, 9.17) is 0 Å². The van der Waals surface area contributed by atoms with Gasteiger partial charge in [0.2, 0.25) is 5.95 Å². The first-order valence-electron chi connectivity index (χ1n) is 7.52. The van der Waals surface area contributed by atoms with E-state index in [-0.39, 0.29) is 5.91 Å². The summed E-state index contributed by atoms with van der Waals surface area (Å²) in [6.45, 7) is 2.81. The van der Waals surface area contributed by atoms with E-state index in [1.807, 2.05) is 37.3 Å². The Bertz CT molecular complexity index is 799. The van der Waals surface area contributed by atoms with Gasteiger partial charge >= 0.3 is 0 Å². The van der Waals surface area contributed by atoms with Gasteiger partial charge in [-0.1, -0.05) is 23.3 Å². The fourth-order valence-electron chi connectivity index (χ4n) is 2.09. The number of para-hydroxylation sites is 1. The third-order valence-corrected chi connectivity index (χ3v) is 3.34. The number of aromatic nitrogens is 5. The van der Waals surface area contributed by atoms with Crippen molar-refractivity contribution in [3.8, 4) is 5.69 Å². The van der Waals surface area contributed by atoms with Crippen LogP contribution in [0, 0.1) is 6.92 Å². The molecule has 1 amide bonds. The van der Waals surface area contributed by atoms with Gasteiger partial charge < -0.3 is 10.6 Å². The molecule has 0 atom stereocenters. The van der Waals surface area contributed by atoms with E-state index < -0.39 is 0 Å². The van der Waals surface area contributed by atoms with Gasteiger partial charge in [-0.2, -0.15) is 4.68 Å². The molecular formula is C16H17N7O. The smallest absolute Gasteiger partial charge is 0.252 e. The largest absolute Gasteiger partial charge is 0.351 e. The van der Waals surface area contributed by atoms with Gasteiger partial charge in [0, 0.05) is 25.0 Å². The van der Waals surface area contributed by atoms with Crippen LogP contribution in [0.3, 0.4) is 0 Å². The van der Waals surface area contributed by atoms with Crippen molar-refractivity contribution in [1.82, 2.24) is 30.5 Å². The number of hydrogen-bond donors (Lipinski definition) is 2. The van der Waals surface area contributed by atoms with E-state index >= 15 is 0 Å². The number of nitrogens with zero attached hydrogens (tertiary/aromatic N) is 5. The van der Waals surface area contributed by atoms with Crippen molar-refractivity contribution >= 4 is 11.9 Å². The molecule has 0 saturated heterocycles. The van der Waals surface area contributed by atoms with Crippen LogP contribution in [0.5, 0.6) is 0 Å². The lowest BCUT2D eigenvalue weighted by Gasteiger charge is -2.08. The Hall–Kier alpha value is -3.29. The Balaban J connectivity index is 1.52. The molecule has 122 valence electrons. The summed E-state index contributed by atoms with van der Waals surface area (Å²) in [4.78, 5) is 16.1. The van der Waals surface area contributed by atoms with Crippen molar-refractivity contribution in [3.05, 3.63) is 59.9 Å². The molecule has 0 aliphatic heterocycles. The van der Waals surface area contributed by atoms with Crippen LogP contribution >= 0.6 is 0 Å². The fourth-order valence-corrected chi connectivity index (χ4v) is 2.09. The summed E-state index contributed by atoms with van der Waals surface area (Å²) < 4.78 is 1.60. The van der Waals surface area contributed by atoms with Crippen LogP contribution in [-0.2, 0) is 0 Å². The molecule has 0 spiro atoms. The highest BCUT2D eigenvalue weighted by atomic mass is 16.1. The van der Waals surface area contributed by atoms with Crippen LogP contribution in [0.4, 0.5) is 5.95 Å². The maximum absolute atomic E-state index is 12.0. The second-order valence-electron chi connectivity index (χ2n) is 5.12. The number of carbonyl (C=O) groups excluding carboxylic acids is 1. The minimum atomic E-state index is -0.160. The zero-order valence-electron chi connectivity index (χ0n) is 13.2. The highest BCUT2D eigenvalue weighted by molar-refractivity contribution is 5.93. The van der Waals surface area contributed by atoms with Gasteiger partial charge in [-0.25, -0.2) is 0 Å². The molecule has 0 bridgehead atoms. The SMILES string of the molecule is Cc1ccc(C(=O)NCCNc2nnnn2-c2ccccc2)cn1. The van der Waals surface area contributed by atoms with Crippen LogP contribution in [0.2, 0.25) is 0 Å². The molecule has 8 heteroatoms. The second-order valence-corrected chi connectivity index (χ2v) is 5.12. The van der Waals surface area contributed by atoms with Gasteiger partial charge in [-0.15, -0.1) is 0 Å². The van der Waals surface area contributed by atoms with E-state index in [1.165, 1.54) is 0 Å². The number of amides is 1. The summed E-state index contributed by atoms with van der Waals surface area (Å²) in [5.41, 5.74) is 2.27. The zero-order valence-corrected chi connectivity index (χ0v) is 13.2. The molecule has 0 aliphatic rings.